The highest BCUT2D eigenvalue weighted by atomic mass is 35.5. The molecule has 0 saturated carbocycles. The van der Waals surface area contributed by atoms with Crippen LogP contribution in [0.3, 0.4) is 0 Å². The first-order valence-corrected chi connectivity index (χ1v) is 13.2. The third-order valence-corrected chi connectivity index (χ3v) is 9.86. The fourth-order valence-electron chi connectivity index (χ4n) is 2.43. The number of halogens is 1. The van der Waals surface area contributed by atoms with E-state index < -0.39 is 32.2 Å². The summed E-state index contributed by atoms with van der Waals surface area (Å²) in [5.74, 6) is 0. The highest BCUT2D eigenvalue weighted by Crippen LogP contribution is 2.40. The predicted molar refractivity (Wildman–Crippen MR) is 121 cm³/mol. The van der Waals surface area contributed by atoms with Gasteiger partial charge in [0.1, 0.15) is 11.9 Å². The van der Waals surface area contributed by atoms with E-state index in [4.69, 9.17) is 20.8 Å². The number of ether oxygens (including phenoxy) is 1. The third kappa shape index (κ3) is 7.76. The van der Waals surface area contributed by atoms with Gasteiger partial charge in [-0.05, 0) is 63.5 Å². The van der Waals surface area contributed by atoms with Gasteiger partial charge in [0.2, 0.25) is 0 Å². The van der Waals surface area contributed by atoms with Crippen molar-refractivity contribution < 1.29 is 18.8 Å². The molecule has 1 rings (SSSR count). The van der Waals surface area contributed by atoms with Crippen LogP contribution in [0.15, 0.2) is 24.3 Å². The molecular formula is C22H36ClNO4Si. The summed E-state index contributed by atoms with van der Waals surface area (Å²) in [6.45, 7) is 18.1. The van der Waals surface area contributed by atoms with Gasteiger partial charge in [-0.3, -0.25) is 4.90 Å². The zero-order chi connectivity index (χ0) is 22.6. The van der Waals surface area contributed by atoms with Crippen LogP contribution in [0.2, 0.25) is 23.2 Å². The first kappa shape index (κ1) is 25.7. The van der Waals surface area contributed by atoms with Gasteiger partial charge in [-0.1, -0.05) is 44.5 Å². The molecule has 0 radical (unpaired) electrons. The molecule has 0 aromatic heterocycles. The summed E-state index contributed by atoms with van der Waals surface area (Å²) in [5, 5.41) is 0.579. The van der Waals surface area contributed by atoms with E-state index in [-0.39, 0.29) is 11.6 Å². The Morgan fingerprint density at radius 3 is 2.24 bits per heavy atom. The Labute approximate surface area is 181 Å². The maximum Gasteiger partial charge on any atom is 0.410 e. The lowest BCUT2D eigenvalue weighted by Gasteiger charge is -2.41. The van der Waals surface area contributed by atoms with Crippen LogP contribution in [-0.4, -0.2) is 43.8 Å². The molecule has 0 aliphatic rings. The van der Waals surface area contributed by atoms with Gasteiger partial charge in [0, 0.05) is 5.02 Å². The molecule has 0 N–H and O–H groups in total. The highest BCUT2D eigenvalue weighted by Gasteiger charge is 2.40. The number of aldehydes is 1. The maximum atomic E-state index is 12.8. The van der Waals surface area contributed by atoms with Gasteiger partial charge in [0.05, 0.1) is 18.7 Å². The average Bonchev–Trinajstić information content (AvgIpc) is 2.55. The first-order valence-electron chi connectivity index (χ1n) is 9.95. The van der Waals surface area contributed by atoms with Crippen LogP contribution in [0.4, 0.5) is 4.79 Å². The van der Waals surface area contributed by atoms with Gasteiger partial charge >= 0.3 is 6.09 Å². The van der Waals surface area contributed by atoms with Crippen LogP contribution in [0.5, 0.6) is 0 Å². The molecule has 0 aliphatic heterocycles. The van der Waals surface area contributed by atoms with Crippen molar-refractivity contribution >= 4 is 32.3 Å². The Kier molecular flexibility index (Phi) is 8.52. The predicted octanol–water partition coefficient (Wildman–Crippen LogP) is 6.23. The van der Waals surface area contributed by atoms with Gasteiger partial charge in [0.25, 0.3) is 0 Å². The summed E-state index contributed by atoms with van der Waals surface area (Å²) in [6, 6.07) is 6.80. The minimum absolute atomic E-state index is 0.0170. The van der Waals surface area contributed by atoms with Gasteiger partial charge in [-0.2, -0.15) is 0 Å². The molecule has 0 bridgehead atoms. The van der Waals surface area contributed by atoms with Crippen LogP contribution in [0.25, 0.3) is 0 Å². The van der Waals surface area contributed by atoms with E-state index in [0.29, 0.717) is 5.02 Å². The summed E-state index contributed by atoms with van der Waals surface area (Å²) in [5.41, 5.74) is 0.207. The topological polar surface area (TPSA) is 55.8 Å². The first-order chi connectivity index (χ1) is 13.1. The molecule has 1 aromatic rings. The van der Waals surface area contributed by atoms with E-state index in [1.807, 2.05) is 18.2 Å². The van der Waals surface area contributed by atoms with E-state index >= 15 is 0 Å². The lowest BCUT2D eigenvalue weighted by molar-refractivity contribution is -0.112. The van der Waals surface area contributed by atoms with E-state index in [0.717, 1.165) is 11.8 Å². The average molecular weight is 442 g/mol. The zero-order valence-electron chi connectivity index (χ0n) is 19.2. The Hall–Kier alpha value is -1.37. The number of carbonyl (C=O) groups is 2. The maximum absolute atomic E-state index is 12.8. The molecule has 164 valence electrons. The standard InChI is InChI=1S/C22H36ClNO4Si/c1-16(15-25)24(20(26)27-21(2,3)4)14-19(17-11-10-12-18(23)13-17)28-29(8,9)22(5,6)7/h10-13,15-16,19H,14H2,1-9H3/t16-,19+/m1/s1. The molecule has 0 heterocycles. The molecular weight excluding hydrogens is 406 g/mol. The molecule has 29 heavy (non-hydrogen) atoms. The number of nitrogens with zero attached hydrogens (tertiary/aromatic N) is 1. The minimum atomic E-state index is -2.17. The van der Waals surface area contributed by atoms with Crippen LogP contribution in [-0.2, 0) is 14.0 Å². The number of hydrogen-bond acceptors (Lipinski definition) is 4. The zero-order valence-corrected chi connectivity index (χ0v) is 21.0. The summed E-state index contributed by atoms with van der Waals surface area (Å²) in [6.07, 6.45) is -0.224. The van der Waals surface area contributed by atoms with E-state index in [9.17, 15) is 9.59 Å². The number of carbonyl (C=O) groups excluding carboxylic acids is 2. The monoisotopic (exact) mass is 441 g/mol. The Morgan fingerprint density at radius 1 is 1.21 bits per heavy atom. The lowest BCUT2D eigenvalue weighted by atomic mass is 10.1. The van der Waals surface area contributed by atoms with Crippen molar-refractivity contribution in [1.82, 2.24) is 4.90 Å². The second-order valence-electron chi connectivity index (χ2n) is 9.93. The van der Waals surface area contributed by atoms with Gasteiger partial charge in [-0.15, -0.1) is 0 Å². The molecule has 5 nitrogen and oxygen atoms in total. The van der Waals surface area contributed by atoms with Gasteiger partial charge in [0.15, 0.2) is 8.32 Å². The minimum Gasteiger partial charge on any atom is -0.444 e. The third-order valence-electron chi connectivity index (χ3n) is 5.14. The fourth-order valence-corrected chi connectivity index (χ4v) is 3.90. The van der Waals surface area contributed by atoms with Crippen LogP contribution >= 0.6 is 11.6 Å². The van der Waals surface area contributed by atoms with E-state index in [2.05, 4.69) is 33.9 Å². The summed E-state index contributed by atoms with van der Waals surface area (Å²) in [4.78, 5) is 25.8. The summed E-state index contributed by atoms with van der Waals surface area (Å²) in [7, 11) is -2.17. The van der Waals surface area contributed by atoms with Crippen LogP contribution in [0, 0.1) is 0 Å². The Balaban J connectivity index is 3.31. The van der Waals surface area contributed by atoms with Crippen molar-refractivity contribution in [2.75, 3.05) is 6.54 Å². The number of rotatable bonds is 7. The summed E-state index contributed by atoms with van der Waals surface area (Å²) < 4.78 is 12.2. The molecule has 1 amide bonds. The second-order valence-corrected chi connectivity index (χ2v) is 15.1. The number of hydrogen-bond donors (Lipinski definition) is 0. The lowest BCUT2D eigenvalue weighted by Crippen LogP contribution is -2.48. The fraction of sp³-hybridized carbons (Fsp3) is 0.636. The Bertz CT molecular complexity index is 709. The largest absolute Gasteiger partial charge is 0.444 e. The quantitative estimate of drug-likeness (QED) is 0.371. The molecule has 7 heteroatoms. The highest BCUT2D eigenvalue weighted by molar-refractivity contribution is 6.74. The Morgan fingerprint density at radius 2 is 1.79 bits per heavy atom. The van der Waals surface area contributed by atoms with Crippen molar-refractivity contribution in [1.29, 1.82) is 0 Å². The van der Waals surface area contributed by atoms with Crippen molar-refractivity contribution in [2.24, 2.45) is 0 Å². The van der Waals surface area contributed by atoms with Crippen molar-refractivity contribution in [2.45, 2.75) is 84.3 Å². The van der Waals surface area contributed by atoms with Gasteiger partial charge < -0.3 is 14.0 Å². The normalized spacial score (nSPS) is 14.8. The second kappa shape index (κ2) is 9.62. The molecule has 0 fully saturated rings. The van der Waals surface area contributed by atoms with Crippen LogP contribution < -0.4 is 0 Å². The van der Waals surface area contributed by atoms with Crippen molar-refractivity contribution in [3.05, 3.63) is 34.9 Å². The van der Waals surface area contributed by atoms with Crippen molar-refractivity contribution in [3.8, 4) is 0 Å². The molecule has 2 atom stereocenters. The van der Waals surface area contributed by atoms with E-state index in [1.54, 1.807) is 33.8 Å². The van der Waals surface area contributed by atoms with Crippen molar-refractivity contribution in [3.63, 3.8) is 0 Å². The summed E-state index contributed by atoms with van der Waals surface area (Å²) >= 11 is 6.22. The molecule has 0 aliphatic carbocycles. The molecule has 0 saturated heterocycles. The number of benzene rings is 1. The number of amides is 1. The van der Waals surface area contributed by atoms with Crippen LogP contribution in [0.1, 0.15) is 60.1 Å². The van der Waals surface area contributed by atoms with Gasteiger partial charge in [-0.25, -0.2) is 4.79 Å². The van der Waals surface area contributed by atoms with E-state index in [1.165, 1.54) is 4.90 Å². The molecule has 0 spiro atoms. The molecule has 1 aromatic carbocycles. The molecule has 0 unspecified atom stereocenters. The SMILES string of the molecule is C[C@H](C=O)N(C[C@H](O[Si](C)(C)C(C)(C)C)c1cccc(Cl)c1)C(=O)OC(C)(C)C. The smallest absolute Gasteiger partial charge is 0.410 e.